The lowest BCUT2D eigenvalue weighted by atomic mass is 9.80. The monoisotopic (exact) mass is 826 g/mol. The van der Waals surface area contributed by atoms with Gasteiger partial charge in [0.1, 0.15) is 11.5 Å². The molecule has 6 rings (SSSR count). The van der Waals surface area contributed by atoms with Crippen molar-refractivity contribution in [1.82, 2.24) is 0 Å². The molecule has 1 aliphatic rings. The number of aryl methyl sites for hydroxylation is 7. The summed E-state index contributed by atoms with van der Waals surface area (Å²) < 4.78 is 6.39. The number of furan rings is 1. The predicted molar refractivity (Wildman–Crippen MR) is 279 cm³/mol. The molecule has 0 atom stereocenters. The minimum atomic E-state index is -0.173. The summed E-state index contributed by atoms with van der Waals surface area (Å²) in [7, 11) is 0. The highest BCUT2D eigenvalue weighted by Gasteiger charge is 2.38. The molecule has 5 aromatic rings. The van der Waals surface area contributed by atoms with E-state index >= 15 is 0 Å². The molecule has 2 heteroatoms. The van der Waals surface area contributed by atoms with Gasteiger partial charge in [-0.1, -0.05) is 177 Å². The van der Waals surface area contributed by atoms with E-state index in [1.54, 1.807) is 6.08 Å². The second kappa shape index (κ2) is 23.4. The number of hydrogen-bond donors (Lipinski definition) is 0. The standard InChI is InChI=1S/C41H45NO.C9H12.C8H12.C2H6/c1-11-16-17-33-28(8)43-38(15-5)40(33)37(14-4)42(29-20-18-26(6)19-21-29)30-22-23-34-35(25-30)41(9,10)36-24-27(7)31(12-2)32(13-3)39(34)36;1-7-4-5-8(2)9(3)6-7;1-4-7-8(5-2)6-3;1-2/h12-14,16-25H,2-3,11,15H2,1,4-10H3;4-6H,1-3H3;4-5,7H,1-2,6H2,3H3;1-2H3/b17-16-,37-14+;;8-7+;. The molecule has 0 aliphatic heterocycles. The number of anilines is 2. The van der Waals surface area contributed by atoms with Gasteiger partial charge >= 0.3 is 0 Å². The van der Waals surface area contributed by atoms with E-state index in [0.717, 1.165) is 64.5 Å². The molecule has 0 unspecified atom stereocenters. The van der Waals surface area contributed by atoms with Crippen LogP contribution < -0.4 is 4.90 Å². The van der Waals surface area contributed by atoms with Crippen molar-refractivity contribution in [2.75, 3.05) is 4.90 Å². The molecule has 0 spiro atoms. The molecular formula is C60H75NO. The van der Waals surface area contributed by atoms with Crippen LogP contribution in [-0.2, 0) is 11.8 Å². The zero-order valence-corrected chi connectivity index (χ0v) is 40.8. The van der Waals surface area contributed by atoms with E-state index in [4.69, 9.17) is 4.42 Å². The van der Waals surface area contributed by atoms with Crippen LogP contribution in [0.3, 0.4) is 0 Å². The van der Waals surface area contributed by atoms with Crippen LogP contribution in [0, 0.1) is 41.5 Å². The highest BCUT2D eigenvalue weighted by atomic mass is 16.3. The van der Waals surface area contributed by atoms with Gasteiger partial charge in [0.2, 0.25) is 0 Å². The molecular weight excluding hydrogens is 751 g/mol. The van der Waals surface area contributed by atoms with E-state index in [9.17, 15) is 0 Å². The first kappa shape index (κ1) is 50.5. The molecule has 0 fully saturated rings. The highest BCUT2D eigenvalue weighted by molar-refractivity contribution is 5.95. The SMILES string of the molecule is C=C/C=C(\C=C)CC.C=Cc1c(C)cc2c(c1C=C)-c1ccc(N(/C(=C/C)c3c(CC)oc(C)c3/C=C\CC)c3ccc(C)cc3)cc1C2(C)C.CC.Cc1ccc(C)c(C)c1. The maximum atomic E-state index is 6.39. The molecule has 4 aromatic carbocycles. The molecule has 1 aliphatic carbocycles. The summed E-state index contributed by atoms with van der Waals surface area (Å²) in [6.07, 6.45) is 19.1. The quantitative estimate of drug-likeness (QED) is 0.117. The number of hydrogen-bond acceptors (Lipinski definition) is 2. The van der Waals surface area contributed by atoms with Crippen LogP contribution in [-0.4, -0.2) is 0 Å². The maximum Gasteiger partial charge on any atom is 0.113 e. The Morgan fingerprint density at radius 3 is 1.82 bits per heavy atom. The number of fused-ring (bicyclic) bond motifs is 3. The number of nitrogens with zero attached hydrogens (tertiary/aromatic N) is 1. The van der Waals surface area contributed by atoms with Gasteiger partial charge in [-0.25, -0.2) is 0 Å². The first-order chi connectivity index (χ1) is 29.7. The minimum Gasteiger partial charge on any atom is -0.465 e. The third kappa shape index (κ3) is 11.1. The van der Waals surface area contributed by atoms with Gasteiger partial charge in [-0.05, 0) is 141 Å². The van der Waals surface area contributed by atoms with Gasteiger partial charge < -0.3 is 9.32 Å². The van der Waals surface area contributed by atoms with E-state index in [1.165, 1.54) is 61.2 Å². The summed E-state index contributed by atoms with van der Waals surface area (Å²) in [5, 5.41) is 0. The summed E-state index contributed by atoms with van der Waals surface area (Å²) in [5.74, 6) is 1.96. The van der Waals surface area contributed by atoms with Crippen molar-refractivity contribution in [3.05, 3.63) is 202 Å². The van der Waals surface area contributed by atoms with Crippen molar-refractivity contribution in [1.29, 1.82) is 0 Å². The lowest BCUT2D eigenvalue weighted by molar-refractivity contribution is 0.487. The van der Waals surface area contributed by atoms with Crippen LogP contribution in [0.15, 0.2) is 133 Å². The van der Waals surface area contributed by atoms with Gasteiger partial charge in [-0.2, -0.15) is 0 Å². The summed E-state index contributed by atoms with van der Waals surface area (Å²) in [4.78, 5) is 2.40. The molecule has 1 heterocycles. The van der Waals surface area contributed by atoms with Crippen molar-refractivity contribution < 1.29 is 4.42 Å². The Morgan fingerprint density at radius 2 is 1.32 bits per heavy atom. The Kier molecular flexibility index (Phi) is 19.0. The van der Waals surface area contributed by atoms with Crippen LogP contribution >= 0.6 is 0 Å². The van der Waals surface area contributed by atoms with E-state index in [2.05, 4.69) is 199 Å². The number of rotatable bonds is 12. The van der Waals surface area contributed by atoms with Crippen LogP contribution in [0.1, 0.15) is 141 Å². The average molecular weight is 826 g/mol. The first-order valence-corrected chi connectivity index (χ1v) is 22.5. The van der Waals surface area contributed by atoms with Crippen LogP contribution in [0.2, 0.25) is 0 Å². The Bertz CT molecular complexity index is 2440. The van der Waals surface area contributed by atoms with Crippen molar-refractivity contribution in [2.45, 2.75) is 122 Å². The lowest BCUT2D eigenvalue weighted by Gasteiger charge is -2.30. The molecule has 0 saturated carbocycles. The molecule has 0 N–H and O–H groups in total. The minimum absolute atomic E-state index is 0.173. The highest BCUT2D eigenvalue weighted by Crippen LogP contribution is 2.53. The third-order valence-electron chi connectivity index (χ3n) is 11.7. The summed E-state index contributed by atoms with van der Waals surface area (Å²) in [6.45, 7) is 45.6. The predicted octanol–water partition coefficient (Wildman–Crippen LogP) is 18.3. The molecule has 62 heavy (non-hydrogen) atoms. The van der Waals surface area contributed by atoms with Crippen LogP contribution in [0.4, 0.5) is 11.4 Å². The largest absolute Gasteiger partial charge is 0.465 e. The number of allylic oxidation sites excluding steroid dienone is 6. The van der Waals surface area contributed by atoms with Gasteiger partial charge in [0.15, 0.2) is 0 Å². The zero-order chi connectivity index (χ0) is 46.3. The average Bonchev–Trinajstić information content (AvgIpc) is 3.71. The van der Waals surface area contributed by atoms with Crippen molar-refractivity contribution >= 4 is 35.3 Å². The van der Waals surface area contributed by atoms with E-state index in [-0.39, 0.29) is 5.41 Å². The van der Waals surface area contributed by atoms with Crippen LogP contribution in [0.25, 0.3) is 35.1 Å². The Labute approximate surface area is 377 Å². The van der Waals surface area contributed by atoms with Gasteiger partial charge in [0, 0.05) is 34.3 Å². The Balaban J connectivity index is 0.000000446. The van der Waals surface area contributed by atoms with Gasteiger partial charge in [0.05, 0.1) is 5.70 Å². The molecule has 2 nitrogen and oxygen atoms in total. The summed E-state index contributed by atoms with van der Waals surface area (Å²) >= 11 is 0. The molecule has 0 amide bonds. The second-order valence-electron chi connectivity index (χ2n) is 16.2. The van der Waals surface area contributed by atoms with Gasteiger partial charge in [-0.3, -0.25) is 0 Å². The molecule has 0 radical (unpaired) electrons. The maximum absolute atomic E-state index is 6.39. The Hall–Kier alpha value is -5.86. The fraction of sp³-hybridized carbons (Fsp3) is 0.300. The lowest BCUT2D eigenvalue weighted by Crippen LogP contribution is -2.19. The fourth-order valence-electron chi connectivity index (χ4n) is 8.14. The molecule has 0 bridgehead atoms. The van der Waals surface area contributed by atoms with Crippen molar-refractivity contribution in [2.24, 2.45) is 0 Å². The first-order valence-electron chi connectivity index (χ1n) is 22.5. The normalized spacial score (nSPS) is 12.4. The topological polar surface area (TPSA) is 16.4 Å². The van der Waals surface area contributed by atoms with Crippen molar-refractivity contribution in [3.8, 4) is 11.1 Å². The van der Waals surface area contributed by atoms with Crippen LogP contribution in [0.5, 0.6) is 0 Å². The Morgan fingerprint density at radius 1 is 0.694 bits per heavy atom. The molecule has 326 valence electrons. The van der Waals surface area contributed by atoms with E-state index in [0.29, 0.717) is 0 Å². The van der Waals surface area contributed by atoms with E-state index in [1.807, 2.05) is 38.2 Å². The molecule has 1 aromatic heterocycles. The zero-order valence-electron chi connectivity index (χ0n) is 40.8. The van der Waals surface area contributed by atoms with Gasteiger partial charge in [-0.15, -0.1) is 0 Å². The van der Waals surface area contributed by atoms with E-state index < -0.39 is 0 Å². The molecule has 0 saturated heterocycles. The second-order valence-corrected chi connectivity index (χ2v) is 16.2. The summed E-state index contributed by atoms with van der Waals surface area (Å²) in [6, 6.07) is 24.7. The van der Waals surface area contributed by atoms with Crippen molar-refractivity contribution in [3.63, 3.8) is 0 Å². The number of benzene rings is 4. The third-order valence-corrected chi connectivity index (χ3v) is 11.7. The smallest absolute Gasteiger partial charge is 0.113 e. The van der Waals surface area contributed by atoms with Gasteiger partial charge in [0.25, 0.3) is 0 Å². The summed E-state index contributed by atoms with van der Waals surface area (Å²) in [5.41, 5.74) is 20.9. The fourth-order valence-corrected chi connectivity index (χ4v) is 8.14.